The fourth-order valence-corrected chi connectivity index (χ4v) is 4.10. The molecule has 0 radical (unpaired) electrons. The predicted molar refractivity (Wildman–Crippen MR) is 96.0 cm³/mol. The highest BCUT2D eigenvalue weighted by atomic mass is 16.3. The van der Waals surface area contributed by atoms with Gasteiger partial charge in [0, 0.05) is 55.9 Å². The maximum Gasteiger partial charge on any atom is 0.0935 e. The number of anilines is 1. The quantitative estimate of drug-likeness (QED) is 0.943. The minimum Gasteiger partial charge on any atom is -0.385 e. The molecule has 3 heterocycles. The van der Waals surface area contributed by atoms with Crippen LogP contribution in [0.1, 0.15) is 24.8 Å². The van der Waals surface area contributed by atoms with E-state index < -0.39 is 5.60 Å². The Hall–Kier alpha value is -1.91. The lowest BCUT2D eigenvalue weighted by Crippen LogP contribution is -2.47. The minimum absolute atomic E-state index is 0.601. The van der Waals surface area contributed by atoms with Gasteiger partial charge in [-0.1, -0.05) is 24.3 Å². The van der Waals surface area contributed by atoms with Crippen molar-refractivity contribution in [2.75, 3.05) is 31.1 Å². The van der Waals surface area contributed by atoms with Gasteiger partial charge in [-0.15, -0.1) is 0 Å². The number of aliphatic hydroxyl groups is 1. The molecule has 126 valence electrons. The molecule has 4 heteroatoms. The Labute approximate surface area is 143 Å². The smallest absolute Gasteiger partial charge is 0.0935 e. The van der Waals surface area contributed by atoms with Gasteiger partial charge in [-0.05, 0) is 37.5 Å². The van der Waals surface area contributed by atoms with Crippen LogP contribution in [0.15, 0.2) is 54.9 Å². The predicted octanol–water partition coefficient (Wildman–Crippen LogP) is 2.64. The van der Waals surface area contributed by atoms with Gasteiger partial charge < -0.3 is 10.0 Å². The van der Waals surface area contributed by atoms with Crippen LogP contribution in [0.4, 0.5) is 5.69 Å². The molecule has 2 saturated heterocycles. The number of nitrogens with zero attached hydrogens (tertiary/aromatic N) is 3. The third-order valence-electron chi connectivity index (χ3n) is 5.63. The Morgan fingerprint density at radius 2 is 1.79 bits per heavy atom. The molecule has 1 aromatic carbocycles. The molecule has 24 heavy (non-hydrogen) atoms. The SMILES string of the molecule is OC1(c2cccnc2)CCN(C2CCN(c3ccccc3)C2)CC1. The van der Waals surface area contributed by atoms with E-state index in [9.17, 15) is 5.11 Å². The van der Waals surface area contributed by atoms with E-state index in [0.29, 0.717) is 6.04 Å². The van der Waals surface area contributed by atoms with E-state index in [2.05, 4.69) is 45.1 Å². The highest BCUT2D eigenvalue weighted by molar-refractivity contribution is 5.47. The van der Waals surface area contributed by atoms with Crippen molar-refractivity contribution in [3.8, 4) is 0 Å². The number of likely N-dealkylation sites (tertiary alicyclic amines) is 1. The largest absolute Gasteiger partial charge is 0.385 e. The molecule has 2 fully saturated rings. The summed E-state index contributed by atoms with van der Waals surface area (Å²) in [5, 5.41) is 11.0. The number of aromatic nitrogens is 1. The van der Waals surface area contributed by atoms with Crippen LogP contribution in [0.2, 0.25) is 0 Å². The summed E-state index contributed by atoms with van der Waals surface area (Å²) in [4.78, 5) is 9.21. The normalized spacial score (nSPS) is 24.2. The number of para-hydroxylation sites is 1. The number of benzene rings is 1. The second-order valence-electron chi connectivity index (χ2n) is 7.03. The van der Waals surface area contributed by atoms with Gasteiger partial charge in [0.15, 0.2) is 0 Å². The molecule has 1 N–H and O–H groups in total. The first-order valence-corrected chi connectivity index (χ1v) is 8.92. The molecule has 0 bridgehead atoms. The summed E-state index contributed by atoms with van der Waals surface area (Å²) in [5.41, 5.74) is 1.58. The number of rotatable bonds is 3. The first-order valence-electron chi connectivity index (χ1n) is 8.92. The standard InChI is InChI=1S/C20H25N3O/c24-20(17-5-4-11-21-15-17)9-13-22(14-10-20)19-8-12-23(16-19)18-6-2-1-3-7-18/h1-7,11,15,19,24H,8-10,12-14,16H2. The number of hydrogen-bond acceptors (Lipinski definition) is 4. The molecule has 0 amide bonds. The number of piperidine rings is 1. The third kappa shape index (κ3) is 3.04. The number of hydrogen-bond donors (Lipinski definition) is 1. The maximum absolute atomic E-state index is 11.0. The van der Waals surface area contributed by atoms with Crippen molar-refractivity contribution >= 4 is 5.69 Å². The molecule has 2 aromatic rings. The van der Waals surface area contributed by atoms with Gasteiger partial charge in [0.25, 0.3) is 0 Å². The average molecular weight is 323 g/mol. The lowest BCUT2D eigenvalue weighted by Gasteiger charge is -2.41. The van der Waals surface area contributed by atoms with E-state index in [1.165, 1.54) is 12.1 Å². The molecular weight excluding hydrogens is 298 g/mol. The van der Waals surface area contributed by atoms with Crippen molar-refractivity contribution in [2.45, 2.75) is 30.9 Å². The lowest BCUT2D eigenvalue weighted by molar-refractivity contribution is -0.0339. The first kappa shape index (κ1) is 15.6. The monoisotopic (exact) mass is 323 g/mol. The molecule has 0 spiro atoms. The second kappa shape index (κ2) is 6.54. The van der Waals surface area contributed by atoms with E-state index in [0.717, 1.165) is 44.6 Å². The number of pyridine rings is 1. The van der Waals surface area contributed by atoms with Crippen LogP contribution in [0.3, 0.4) is 0 Å². The molecule has 4 rings (SSSR count). The molecule has 1 atom stereocenters. The minimum atomic E-state index is -0.706. The summed E-state index contributed by atoms with van der Waals surface area (Å²) in [7, 11) is 0. The van der Waals surface area contributed by atoms with Gasteiger partial charge in [0.05, 0.1) is 5.60 Å². The van der Waals surface area contributed by atoms with Crippen LogP contribution in [0.25, 0.3) is 0 Å². The van der Waals surface area contributed by atoms with Gasteiger partial charge in [-0.3, -0.25) is 9.88 Å². The Kier molecular flexibility index (Phi) is 4.25. The van der Waals surface area contributed by atoms with Crippen molar-refractivity contribution in [1.82, 2.24) is 9.88 Å². The van der Waals surface area contributed by atoms with Crippen LogP contribution in [0, 0.1) is 0 Å². The van der Waals surface area contributed by atoms with Crippen LogP contribution in [-0.4, -0.2) is 47.2 Å². The fraction of sp³-hybridized carbons (Fsp3) is 0.450. The van der Waals surface area contributed by atoms with Gasteiger partial charge in [0.2, 0.25) is 0 Å². The van der Waals surface area contributed by atoms with Crippen LogP contribution < -0.4 is 4.90 Å². The van der Waals surface area contributed by atoms with Crippen molar-refractivity contribution in [3.63, 3.8) is 0 Å². The van der Waals surface area contributed by atoms with Crippen molar-refractivity contribution in [1.29, 1.82) is 0 Å². The Morgan fingerprint density at radius 1 is 1.00 bits per heavy atom. The molecule has 1 aromatic heterocycles. The van der Waals surface area contributed by atoms with Gasteiger partial charge in [0.1, 0.15) is 0 Å². The molecule has 4 nitrogen and oxygen atoms in total. The molecular formula is C20H25N3O. The van der Waals surface area contributed by atoms with Crippen molar-refractivity contribution < 1.29 is 5.11 Å². The van der Waals surface area contributed by atoms with Gasteiger partial charge >= 0.3 is 0 Å². The van der Waals surface area contributed by atoms with E-state index in [-0.39, 0.29) is 0 Å². The zero-order valence-electron chi connectivity index (χ0n) is 14.0. The summed E-state index contributed by atoms with van der Waals surface area (Å²) in [6.45, 7) is 4.13. The summed E-state index contributed by atoms with van der Waals surface area (Å²) in [5.74, 6) is 0. The van der Waals surface area contributed by atoms with E-state index in [1.54, 1.807) is 6.20 Å². The Morgan fingerprint density at radius 3 is 2.50 bits per heavy atom. The highest BCUT2D eigenvalue weighted by Gasteiger charge is 2.37. The first-order chi connectivity index (χ1) is 11.7. The molecule has 2 aliphatic heterocycles. The van der Waals surface area contributed by atoms with E-state index in [1.807, 2.05) is 18.3 Å². The van der Waals surface area contributed by atoms with Crippen LogP contribution in [0.5, 0.6) is 0 Å². The molecule has 1 unspecified atom stereocenters. The van der Waals surface area contributed by atoms with Gasteiger partial charge in [-0.25, -0.2) is 0 Å². The maximum atomic E-state index is 11.0. The van der Waals surface area contributed by atoms with Crippen molar-refractivity contribution in [3.05, 3.63) is 60.4 Å². The Bertz CT molecular complexity index is 653. The fourth-order valence-electron chi connectivity index (χ4n) is 4.10. The molecule has 2 aliphatic rings. The van der Waals surface area contributed by atoms with Crippen LogP contribution >= 0.6 is 0 Å². The lowest BCUT2D eigenvalue weighted by atomic mass is 9.85. The highest BCUT2D eigenvalue weighted by Crippen LogP contribution is 2.34. The topological polar surface area (TPSA) is 39.6 Å². The second-order valence-corrected chi connectivity index (χ2v) is 7.03. The van der Waals surface area contributed by atoms with E-state index >= 15 is 0 Å². The average Bonchev–Trinajstić information content (AvgIpc) is 3.14. The van der Waals surface area contributed by atoms with Crippen molar-refractivity contribution in [2.24, 2.45) is 0 Å². The molecule has 0 aliphatic carbocycles. The summed E-state index contributed by atoms with van der Waals surface area (Å²) < 4.78 is 0. The molecule has 0 saturated carbocycles. The summed E-state index contributed by atoms with van der Waals surface area (Å²) >= 11 is 0. The third-order valence-corrected chi connectivity index (χ3v) is 5.63. The zero-order chi connectivity index (χ0) is 16.4. The van der Waals surface area contributed by atoms with Crippen LogP contribution in [-0.2, 0) is 5.60 Å². The van der Waals surface area contributed by atoms with Gasteiger partial charge in [-0.2, -0.15) is 0 Å². The summed E-state index contributed by atoms with van der Waals surface area (Å²) in [6.07, 6.45) is 6.36. The zero-order valence-corrected chi connectivity index (χ0v) is 14.0. The van der Waals surface area contributed by atoms with E-state index in [4.69, 9.17) is 0 Å². The summed E-state index contributed by atoms with van der Waals surface area (Å²) in [6, 6.07) is 15.2. The Balaban J connectivity index is 1.37.